The highest BCUT2D eigenvalue weighted by Crippen LogP contribution is 2.16. The summed E-state index contributed by atoms with van der Waals surface area (Å²) >= 11 is 0. The molecule has 96 valence electrons. The molecular formula is C14H20N4. The highest BCUT2D eigenvalue weighted by atomic mass is 15.1. The number of nitrogens with two attached hydrogens (primary N) is 1. The Balaban J connectivity index is 2.04. The minimum atomic E-state index is 0.642. The van der Waals surface area contributed by atoms with Crippen molar-refractivity contribution in [2.24, 2.45) is 5.73 Å². The Morgan fingerprint density at radius 1 is 1.39 bits per heavy atom. The second-order valence-corrected chi connectivity index (χ2v) is 4.59. The van der Waals surface area contributed by atoms with Gasteiger partial charge in [-0.3, -0.25) is 0 Å². The predicted molar refractivity (Wildman–Crippen MR) is 74.6 cm³/mol. The van der Waals surface area contributed by atoms with Crippen LogP contribution in [0.25, 0.3) is 0 Å². The maximum Gasteiger partial charge on any atom is 0.0950 e. The van der Waals surface area contributed by atoms with Crippen LogP contribution in [0.4, 0.5) is 5.69 Å². The molecule has 0 unspecified atom stereocenters. The second-order valence-electron chi connectivity index (χ2n) is 4.59. The molecule has 0 aliphatic heterocycles. The van der Waals surface area contributed by atoms with Crippen LogP contribution in [0.3, 0.4) is 0 Å². The molecule has 18 heavy (non-hydrogen) atoms. The minimum absolute atomic E-state index is 0.642. The number of rotatable bonds is 5. The normalized spacial score (nSPS) is 10.6. The molecule has 0 aliphatic rings. The molecule has 0 saturated carbocycles. The molecule has 1 heterocycles. The van der Waals surface area contributed by atoms with Gasteiger partial charge in [0.15, 0.2) is 0 Å². The monoisotopic (exact) mass is 244 g/mol. The summed E-state index contributed by atoms with van der Waals surface area (Å²) in [5.41, 5.74) is 9.06. The van der Waals surface area contributed by atoms with Crippen LogP contribution in [0.2, 0.25) is 0 Å². The summed E-state index contributed by atoms with van der Waals surface area (Å²) in [5, 5.41) is 0. The Kier molecular flexibility index (Phi) is 3.99. The number of benzene rings is 1. The molecule has 1 aromatic heterocycles. The molecule has 0 amide bonds. The summed E-state index contributed by atoms with van der Waals surface area (Å²) in [4.78, 5) is 6.58. The zero-order chi connectivity index (χ0) is 13.0. The fraction of sp³-hybridized carbons (Fsp3) is 0.357. The molecule has 0 fully saturated rings. The number of imidazole rings is 1. The van der Waals surface area contributed by atoms with Crippen molar-refractivity contribution in [2.45, 2.75) is 20.0 Å². The lowest BCUT2D eigenvalue weighted by atomic mass is 10.2. The molecule has 0 atom stereocenters. The number of aryl methyl sites for hydroxylation is 1. The van der Waals surface area contributed by atoms with E-state index in [0.29, 0.717) is 6.54 Å². The quantitative estimate of drug-likeness (QED) is 0.872. The average Bonchev–Trinajstić information content (AvgIpc) is 2.77. The molecule has 4 heteroatoms. The average molecular weight is 244 g/mol. The van der Waals surface area contributed by atoms with E-state index in [1.807, 2.05) is 10.9 Å². The Labute approximate surface area is 108 Å². The van der Waals surface area contributed by atoms with Crippen LogP contribution in [-0.2, 0) is 13.1 Å². The molecule has 0 spiro atoms. The number of hydrogen-bond donors (Lipinski definition) is 1. The Hall–Kier alpha value is -1.81. The van der Waals surface area contributed by atoms with Gasteiger partial charge in [-0.1, -0.05) is 12.1 Å². The van der Waals surface area contributed by atoms with Crippen LogP contribution in [0, 0.1) is 6.92 Å². The molecular weight excluding hydrogens is 224 g/mol. The predicted octanol–water partition coefficient (Wildman–Crippen LogP) is 1.79. The lowest BCUT2D eigenvalue weighted by Gasteiger charge is -2.18. The maximum atomic E-state index is 5.52. The minimum Gasteiger partial charge on any atom is -0.369 e. The first-order valence-electron chi connectivity index (χ1n) is 6.17. The Morgan fingerprint density at radius 2 is 2.22 bits per heavy atom. The van der Waals surface area contributed by atoms with Gasteiger partial charge in [0, 0.05) is 32.0 Å². The van der Waals surface area contributed by atoms with Crippen molar-refractivity contribution in [1.82, 2.24) is 9.55 Å². The van der Waals surface area contributed by atoms with Crippen LogP contribution in [0.15, 0.2) is 36.8 Å². The van der Waals surface area contributed by atoms with Crippen LogP contribution in [0.5, 0.6) is 0 Å². The van der Waals surface area contributed by atoms with Gasteiger partial charge in [0.05, 0.1) is 18.6 Å². The third-order valence-electron chi connectivity index (χ3n) is 2.92. The lowest BCUT2D eigenvalue weighted by Crippen LogP contribution is -2.16. The molecule has 0 saturated heterocycles. The highest BCUT2D eigenvalue weighted by Gasteiger charge is 2.04. The first-order chi connectivity index (χ1) is 8.69. The van der Waals surface area contributed by atoms with Crippen molar-refractivity contribution in [1.29, 1.82) is 0 Å². The molecule has 2 rings (SSSR count). The first-order valence-corrected chi connectivity index (χ1v) is 6.17. The summed E-state index contributed by atoms with van der Waals surface area (Å²) in [7, 11) is 2.08. The molecule has 2 N–H and O–H groups in total. The van der Waals surface area contributed by atoms with E-state index in [4.69, 9.17) is 5.73 Å². The van der Waals surface area contributed by atoms with Gasteiger partial charge in [0.25, 0.3) is 0 Å². The topological polar surface area (TPSA) is 47.1 Å². The highest BCUT2D eigenvalue weighted by molar-refractivity contribution is 5.47. The third kappa shape index (κ3) is 3.11. The molecule has 0 aliphatic carbocycles. The van der Waals surface area contributed by atoms with E-state index >= 15 is 0 Å². The summed E-state index contributed by atoms with van der Waals surface area (Å²) in [6, 6.07) is 8.47. The van der Waals surface area contributed by atoms with Gasteiger partial charge >= 0.3 is 0 Å². The van der Waals surface area contributed by atoms with Crippen molar-refractivity contribution in [3.8, 4) is 0 Å². The van der Waals surface area contributed by atoms with Crippen LogP contribution in [-0.4, -0.2) is 23.1 Å². The first kappa shape index (κ1) is 12.6. The van der Waals surface area contributed by atoms with E-state index in [1.54, 1.807) is 0 Å². The summed E-state index contributed by atoms with van der Waals surface area (Å²) in [6.07, 6.45) is 3.89. The fourth-order valence-corrected chi connectivity index (χ4v) is 1.96. The Morgan fingerprint density at radius 3 is 2.94 bits per heavy atom. The van der Waals surface area contributed by atoms with Gasteiger partial charge in [-0.25, -0.2) is 4.98 Å². The molecule has 0 radical (unpaired) electrons. The van der Waals surface area contributed by atoms with E-state index < -0.39 is 0 Å². The van der Waals surface area contributed by atoms with Gasteiger partial charge in [0.2, 0.25) is 0 Å². The molecule has 4 nitrogen and oxygen atoms in total. The van der Waals surface area contributed by atoms with E-state index in [-0.39, 0.29) is 0 Å². The van der Waals surface area contributed by atoms with Crippen molar-refractivity contribution < 1.29 is 0 Å². The summed E-state index contributed by atoms with van der Waals surface area (Å²) in [6.45, 7) is 4.37. The van der Waals surface area contributed by atoms with Gasteiger partial charge < -0.3 is 15.2 Å². The van der Waals surface area contributed by atoms with Crippen LogP contribution < -0.4 is 10.6 Å². The molecule has 2 aromatic rings. The van der Waals surface area contributed by atoms with Crippen molar-refractivity contribution >= 4 is 5.69 Å². The van der Waals surface area contributed by atoms with E-state index in [9.17, 15) is 0 Å². The maximum absolute atomic E-state index is 5.52. The third-order valence-corrected chi connectivity index (χ3v) is 2.92. The van der Waals surface area contributed by atoms with Crippen molar-refractivity contribution in [2.75, 3.05) is 18.5 Å². The zero-order valence-electron chi connectivity index (χ0n) is 11.0. The van der Waals surface area contributed by atoms with Crippen LogP contribution in [0.1, 0.15) is 11.3 Å². The van der Waals surface area contributed by atoms with Gasteiger partial charge in [-0.05, 0) is 24.6 Å². The largest absolute Gasteiger partial charge is 0.369 e. The van der Waals surface area contributed by atoms with Gasteiger partial charge in [-0.2, -0.15) is 0 Å². The SMILES string of the molecule is Cc1cccc(N(C)Cc2cn(CCN)cn2)c1. The summed E-state index contributed by atoms with van der Waals surface area (Å²) in [5.74, 6) is 0. The number of anilines is 1. The Bertz CT molecular complexity index is 504. The van der Waals surface area contributed by atoms with Crippen LogP contribution >= 0.6 is 0 Å². The smallest absolute Gasteiger partial charge is 0.0950 e. The van der Waals surface area contributed by atoms with Gasteiger partial charge in [0.1, 0.15) is 0 Å². The second kappa shape index (κ2) is 5.69. The van der Waals surface area contributed by atoms with E-state index in [0.717, 1.165) is 18.8 Å². The zero-order valence-corrected chi connectivity index (χ0v) is 11.0. The van der Waals surface area contributed by atoms with Crippen molar-refractivity contribution in [3.05, 3.63) is 48.0 Å². The standard InChI is InChI=1S/C14H20N4/c1-12-4-3-5-14(8-12)17(2)9-13-10-18(7-6-15)11-16-13/h3-5,8,10-11H,6-7,9,15H2,1-2H3. The fourth-order valence-electron chi connectivity index (χ4n) is 1.96. The molecule has 0 bridgehead atoms. The lowest BCUT2D eigenvalue weighted by molar-refractivity contribution is 0.706. The summed E-state index contributed by atoms with van der Waals surface area (Å²) < 4.78 is 2.03. The van der Waals surface area contributed by atoms with E-state index in [2.05, 4.69) is 54.3 Å². The number of aromatic nitrogens is 2. The van der Waals surface area contributed by atoms with E-state index in [1.165, 1.54) is 11.3 Å². The number of nitrogens with zero attached hydrogens (tertiary/aromatic N) is 3. The van der Waals surface area contributed by atoms with Gasteiger partial charge in [-0.15, -0.1) is 0 Å². The van der Waals surface area contributed by atoms with Crippen molar-refractivity contribution in [3.63, 3.8) is 0 Å². The molecule has 1 aromatic carbocycles. The number of hydrogen-bond acceptors (Lipinski definition) is 3.